The Kier molecular flexibility index (Phi) is 5.77. The number of benzene rings is 3. The van der Waals surface area contributed by atoms with Crippen molar-refractivity contribution in [1.29, 1.82) is 0 Å². The summed E-state index contributed by atoms with van der Waals surface area (Å²) in [5, 5.41) is 4.11. The van der Waals surface area contributed by atoms with Crippen LogP contribution in [0.3, 0.4) is 0 Å². The molecule has 7 heteroatoms. The van der Waals surface area contributed by atoms with Gasteiger partial charge in [0, 0.05) is 22.5 Å². The molecule has 1 aliphatic rings. The predicted molar refractivity (Wildman–Crippen MR) is 133 cm³/mol. The summed E-state index contributed by atoms with van der Waals surface area (Å²) in [7, 11) is 1.60. The zero-order valence-electron chi connectivity index (χ0n) is 19.6. The zero-order valence-corrected chi connectivity index (χ0v) is 20.4. The maximum Gasteiger partial charge on any atom is 0.287 e. The lowest BCUT2D eigenvalue weighted by atomic mass is 9.84. The van der Waals surface area contributed by atoms with Crippen LogP contribution in [0.5, 0.6) is 11.5 Å². The first-order chi connectivity index (χ1) is 16.8. The van der Waals surface area contributed by atoms with Crippen molar-refractivity contribution in [2.45, 2.75) is 32.4 Å². The Morgan fingerprint density at radius 2 is 1.80 bits per heavy atom. The van der Waals surface area contributed by atoms with E-state index in [1.165, 1.54) is 0 Å². The van der Waals surface area contributed by atoms with Gasteiger partial charge in [0.2, 0.25) is 0 Å². The van der Waals surface area contributed by atoms with Gasteiger partial charge in [-0.2, -0.15) is 0 Å². The van der Waals surface area contributed by atoms with Crippen LogP contribution >= 0.6 is 11.6 Å². The molecule has 1 aliphatic heterocycles. The van der Waals surface area contributed by atoms with E-state index >= 15 is 0 Å². The number of Topliss-reactive ketones (excluding diaryl/α,β-unsaturated/α-hetero) is 1. The van der Waals surface area contributed by atoms with Gasteiger partial charge in [-0.15, -0.1) is 0 Å². The van der Waals surface area contributed by atoms with E-state index in [0.717, 1.165) is 16.9 Å². The van der Waals surface area contributed by atoms with Gasteiger partial charge in [-0.25, -0.2) is 0 Å². The molecule has 1 N–H and O–H groups in total. The molecule has 178 valence electrons. The molecule has 1 aromatic heterocycles. The summed E-state index contributed by atoms with van der Waals surface area (Å²) in [5.74, 6) is 0.986. The highest BCUT2D eigenvalue weighted by atomic mass is 35.5. The molecule has 6 nitrogen and oxygen atoms in total. The summed E-state index contributed by atoms with van der Waals surface area (Å²) >= 11 is 6.03. The molecule has 3 aromatic carbocycles. The molecule has 0 saturated carbocycles. The van der Waals surface area contributed by atoms with Crippen LogP contribution in [0.4, 0.5) is 0 Å². The molecule has 2 heterocycles. The number of rotatable bonds is 5. The molecular weight excluding hydrogens is 466 g/mol. The topological polar surface area (TPSA) is 77.8 Å². The van der Waals surface area contributed by atoms with E-state index in [1.807, 2.05) is 43.3 Å². The number of carbonyl (C=O) groups excluding carboxylic acids is 2. The Hall–Kier alpha value is -3.77. The van der Waals surface area contributed by atoms with E-state index in [0.29, 0.717) is 39.4 Å². The van der Waals surface area contributed by atoms with Crippen molar-refractivity contribution >= 4 is 34.3 Å². The van der Waals surface area contributed by atoms with Gasteiger partial charge in [-0.3, -0.25) is 9.59 Å². The third-order valence-corrected chi connectivity index (χ3v) is 6.69. The number of hydrogen-bond donors (Lipinski definition) is 1. The van der Waals surface area contributed by atoms with Gasteiger partial charge in [0.25, 0.3) is 5.91 Å². The quantitative estimate of drug-likeness (QED) is 0.360. The van der Waals surface area contributed by atoms with Crippen LogP contribution in [0.2, 0.25) is 5.02 Å². The van der Waals surface area contributed by atoms with Crippen LogP contribution < -0.4 is 14.8 Å². The molecule has 0 spiro atoms. The van der Waals surface area contributed by atoms with Crippen molar-refractivity contribution in [2.75, 3.05) is 7.11 Å². The molecule has 0 radical (unpaired) electrons. The van der Waals surface area contributed by atoms with Crippen molar-refractivity contribution in [1.82, 2.24) is 5.32 Å². The first-order valence-corrected chi connectivity index (χ1v) is 11.6. The number of fused-ring (bicyclic) bond motifs is 3. The van der Waals surface area contributed by atoms with Crippen molar-refractivity contribution in [3.63, 3.8) is 0 Å². The second-order valence-electron chi connectivity index (χ2n) is 8.84. The fourth-order valence-corrected chi connectivity index (χ4v) is 4.67. The molecule has 35 heavy (non-hydrogen) atoms. The number of methoxy groups -OCH3 is 1. The van der Waals surface area contributed by atoms with Gasteiger partial charge in [0.05, 0.1) is 19.1 Å². The third-order valence-electron chi connectivity index (χ3n) is 6.44. The van der Waals surface area contributed by atoms with Crippen molar-refractivity contribution in [3.8, 4) is 11.5 Å². The average Bonchev–Trinajstić information content (AvgIpc) is 3.19. The maximum absolute atomic E-state index is 13.4. The number of ketones is 1. The lowest BCUT2D eigenvalue weighted by Gasteiger charge is -2.35. The van der Waals surface area contributed by atoms with E-state index in [4.69, 9.17) is 25.5 Å². The number of ether oxygens (including phenoxy) is 2. The Labute approximate surface area is 207 Å². The maximum atomic E-state index is 13.4. The summed E-state index contributed by atoms with van der Waals surface area (Å²) in [5.41, 5.74) is 2.50. The number of halogens is 1. The minimum atomic E-state index is -0.821. The van der Waals surface area contributed by atoms with Gasteiger partial charge in [0.1, 0.15) is 22.7 Å². The first-order valence-electron chi connectivity index (χ1n) is 11.2. The van der Waals surface area contributed by atoms with Gasteiger partial charge in [0.15, 0.2) is 11.5 Å². The highest BCUT2D eigenvalue weighted by molar-refractivity contribution is 6.30. The third kappa shape index (κ3) is 4.15. The molecule has 0 saturated heterocycles. The van der Waals surface area contributed by atoms with Crippen LogP contribution in [0.15, 0.2) is 65.1 Å². The smallest absolute Gasteiger partial charge is 0.287 e. The fraction of sp³-hybridized carbons (Fsp3) is 0.214. The van der Waals surface area contributed by atoms with Gasteiger partial charge in [-0.1, -0.05) is 35.9 Å². The number of hydrogen-bond acceptors (Lipinski definition) is 5. The number of carbonyl (C=O) groups is 2. The Bertz CT molecular complexity index is 1440. The van der Waals surface area contributed by atoms with Crippen LogP contribution in [-0.4, -0.2) is 18.8 Å². The molecule has 1 unspecified atom stereocenters. The highest BCUT2D eigenvalue weighted by Gasteiger charge is 2.40. The Morgan fingerprint density at radius 1 is 1.09 bits per heavy atom. The Balaban J connectivity index is 1.44. The van der Waals surface area contributed by atoms with Gasteiger partial charge < -0.3 is 19.2 Å². The number of furan rings is 1. The number of amides is 1. The summed E-state index contributed by atoms with van der Waals surface area (Å²) in [6.45, 7) is 4.01. The lowest BCUT2D eigenvalue weighted by Crippen LogP contribution is -2.36. The largest absolute Gasteiger partial charge is 0.497 e. The number of aryl methyl sites for hydroxylation is 1. The normalized spacial score (nSPS) is 17.1. The summed E-state index contributed by atoms with van der Waals surface area (Å²) in [6.07, 6.45) is 0.157. The van der Waals surface area contributed by atoms with Crippen molar-refractivity contribution in [3.05, 3.63) is 93.7 Å². The second-order valence-corrected chi connectivity index (χ2v) is 9.27. The van der Waals surface area contributed by atoms with E-state index in [9.17, 15) is 9.59 Å². The molecule has 1 amide bonds. The zero-order chi connectivity index (χ0) is 24.7. The molecule has 0 fully saturated rings. The highest BCUT2D eigenvalue weighted by Crippen LogP contribution is 2.44. The van der Waals surface area contributed by atoms with Gasteiger partial charge >= 0.3 is 0 Å². The second kappa shape index (κ2) is 8.78. The minimum absolute atomic E-state index is 0.0663. The first kappa shape index (κ1) is 23.0. The minimum Gasteiger partial charge on any atom is -0.497 e. The van der Waals surface area contributed by atoms with Crippen molar-refractivity contribution < 1.29 is 23.5 Å². The Morgan fingerprint density at radius 3 is 2.49 bits per heavy atom. The van der Waals surface area contributed by atoms with E-state index in [-0.39, 0.29) is 23.9 Å². The predicted octanol–water partition coefficient (Wildman–Crippen LogP) is 6.21. The van der Waals surface area contributed by atoms with Crippen LogP contribution in [0, 0.1) is 6.92 Å². The van der Waals surface area contributed by atoms with E-state index < -0.39 is 5.60 Å². The number of nitrogens with one attached hydrogen (secondary N) is 1. The van der Waals surface area contributed by atoms with Crippen LogP contribution in [0.25, 0.3) is 11.0 Å². The SMILES string of the molecule is COc1ccc(CNC(=O)c2oc3ccc4c(c3c2C)C(=O)CC(C)(c2ccc(Cl)cc2)O4)cc1. The molecule has 4 aromatic rings. The molecule has 0 bridgehead atoms. The molecule has 1 atom stereocenters. The average molecular weight is 490 g/mol. The van der Waals surface area contributed by atoms with Crippen molar-refractivity contribution in [2.24, 2.45) is 0 Å². The molecule has 0 aliphatic carbocycles. The fourth-order valence-electron chi connectivity index (χ4n) is 4.54. The standard InChI is InChI=1S/C28H24ClNO5/c1-16-24-22(34-26(16)27(32)30-15-17-4-10-20(33-3)11-5-17)12-13-23-25(24)21(31)14-28(2,35-23)18-6-8-19(29)9-7-18/h4-13H,14-15H2,1-3H3,(H,30,32). The van der Waals surface area contributed by atoms with E-state index in [1.54, 1.807) is 38.3 Å². The summed E-state index contributed by atoms with van der Waals surface area (Å²) in [4.78, 5) is 26.3. The monoisotopic (exact) mass is 489 g/mol. The van der Waals surface area contributed by atoms with Gasteiger partial charge in [-0.05, 0) is 61.4 Å². The van der Waals surface area contributed by atoms with Crippen LogP contribution in [-0.2, 0) is 12.1 Å². The summed E-state index contributed by atoms with van der Waals surface area (Å²) < 4.78 is 17.4. The summed E-state index contributed by atoms with van der Waals surface area (Å²) in [6, 6.07) is 18.2. The van der Waals surface area contributed by atoms with Crippen LogP contribution in [0.1, 0.15) is 50.9 Å². The van der Waals surface area contributed by atoms with E-state index in [2.05, 4.69) is 5.32 Å². The lowest BCUT2D eigenvalue weighted by molar-refractivity contribution is 0.0507. The molecular formula is C28H24ClNO5. The molecule has 5 rings (SSSR count).